The average molecular weight is 381 g/mol. The molecule has 1 fully saturated rings. The Bertz CT molecular complexity index is 877. The number of methoxy groups -OCH3 is 1. The standard InChI is InChI=1S/C23H27NO4/c1-14-4-9-18-22(15(14)2)19(12-16-5-7-17(27-3)8-6-16)24(23(18)26)20-13-28-11-10-21(20)25/h4-9,19-21,25H,10-13H2,1-3H3/t19?,20-,21-/m0/s1. The largest absolute Gasteiger partial charge is 0.497 e. The Morgan fingerprint density at radius 2 is 1.93 bits per heavy atom. The minimum absolute atomic E-state index is 0.00818. The third-order valence-electron chi connectivity index (χ3n) is 6.16. The first kappa shape index (κ1) is 19.0. The molecular formula is C23H27NO4. The van der Waals surface area contributed by atoms with Gasteiger partial charge in [0, 0.05) is 12.2 Å². The summed E-state index contributed by atoms with van der Waals surface area (Å²) >= 11 is 0. The summed E-state index contributed by atoms with van der Waals surface area (Å²) in [6.45, 7) is 5.07. The summed E-state index contributed by atoms with van der Waals surface area (Å²) in [5.74, 6) is 0.804. The van der Waals surface area contributed by atoms with E-state index in [0.717, 1.165) is 28.0 Å². The molecule has 0 spiro atoms. The zero-order valence-electron chi connectivity index (χ0n) is 16.6. The molecule has 0 bridgehead atoms. The quantitative estimate of drug-likeness (QED) is 0.884. The second kappa shape index (κ2) is 7.57. The summed E-state index contributed by atoms with van der Waals surface area (Å²) in [5, 5.41) is 10.6. The molecule has 2 aromatic rings. The predicted molar refractivity (Wildman–Crippen MR) is 107 cm³/mol. The van der Waals surface area contributed by atoms with Crippen LogP contribution < -0.4 is 4.74 Å². The van der Waals surface area contributed by atoms with Crippen molar-refractivity contribution in [3.05, 3.63) is 64.2 Å². The van der Waals surface area contributed by atoms with Crippen molar-refractivity contribution in [1.29, 1.82) is 0 Å². The second-order valence-corrected chi connectivity index (χ2v) is 7.75. The van der Waals surface area contributed by atoms with Gasteiger partial charge in [-0.25, -0.2) is 0 Å². The zero-order valence-corrected chi connectivity index (χ0v) is 16.6. The molecular weight excluding hydrogens is 354 g/mol. The molecule has 2 aromatic carbocycles. The molecule has 1 saturated heterocycles. The van der Waals surface area contributed by atoms with Crippen LogP contribution in [0.4, 0.5) is 0 Å². The van der Waals surface area contributed by atoms with Gasteiger partial charge in [0.25, 0.3) is 5.91 Å². The third kappa shape index (κ3) is 3.19. The van der Waals surface area contributed by atoms with E-state index in [0.29, 0.717) is 26.1 Å². The van der Waals surface area contributed by atoms with Crippen LogP contribution in [0.1, 0.15) is 45.1 Å². The fourth-order valence-corrected chi connectivity index (χ4v) is 4.42. The highest BCUT2D eigenvalue weighted by Gasteiger charge is 2.44. The van der Waals surface area contributed by atoms with Gasteiger partial charge in [-0.15, -0.1) is 0 Å². The number of nitrogens with zero attached hydrogens (tertiary/aromatic N) is 1. The van der Waals surface area contributed by atoms with Gasteiger partial charge >= 0.3 is 0 Å². The van der Waals surface area contributed by atoms with Crippen molar-refractivity contribution < 1.29 is 19.4 Å². The van der Waals surface area contributed by atoms with Crippen molar-refractivity contribution >= 4 is 5.91 Å². The fourth-order valence-electron chi connectivity index (χ4n) is 4.42. The summed E-state index contributed by atoms with van der Waals surface area (Å²) in [6.07, 6.45) is 0.681. The summed E-state index contributed by atoms with van der Waals surface area (Å²) in [6, 6.07) is 11.5. The number of amides is 1. The van der Waals surface area contributed by atoms with Gasteiger partial charge in [-0.1, -0.05) is 18.2 Å². The van der Waals surface area contributed by atoms with Crippen LogP contribution in [0.3, 0.4) is 0 Å². The van der Waals surface area contributed by atoms with E-state index in [2.05, 4.69) is 13.8 Å². The van der Waals surface area contributed by atoms with Crippen molar-refractivity contribution in [1.82, 2.24) is 4.90 Å². The van der Waals surface area contributed by atoms with Crippen LogP contribution in [-0.2, 0) is 11.2 Å². The maximum Gasteiger partial charge on any atom is 0.255 e. The highest BCUT2D eigenvalue weighted by molar-refractivity contribution is 6.00. The molecule has 1 amide bonds. The number of aliphatic hydroxyl groups is 1. The average Bonchev–Trinajstić information content (AvgIpc) is 2.98. The first-order chi connectivity index (χ1) is 13.5. The number of rotatable bonds is 4. The number of ether oxygens (including phenoxy) is 2. The van der Waals surface area contributed by atoms with Crippen molar-refractivity contribution in [2.45, 2.75) is 44.9 Å². The Labute approximate surface area is 165 Å². The van der Waals surface area contributed by atoms with Gasteiger partial charge in [-0.2, -0.15) is 0 Å². The van der Waals surface area contributed by atoms with Gasteiger partial charge in [-0.3, -0.25) is 4.79 Å². The van der Waals surface area contributed by atoms with E-state index in [4.69, 9.17) is 9.47 Å². The van der Waals surface area contributed by atoms with Crippen LogP contribution in [-0.4, -0.2) is 48.4 Å². The van der Waals surface area contributed by atoms with Gasteiger partial charge < -0.3 is 19.5 Å². The Kier molecular flexibility index (Phi) is 5.13. The molecule has 148 valence electrons. The molecule has 0 aromatic heterocycles. The number of carbonyl (C=O) groups excluding carboxylic acids is 1. The number of fused-ring (bicyclic) bond motifs is 1. The second-order valence-electron chi connectivity index (χ2n) is 7.75. The maximum atomic E-state index is 13.3. The zero-order chi connectivity index (χ0) is 19.8. The van der Waals surface area contributed by atoms with Gasteiger partial charge in [-0.05, 0) is 67.1 Å². The minimum atomic E-state index is -0.563. The molecule has 1 N–H and O–H groups in total. The van der Waals surface area contributed by atoms with E-state index in [1.54, 1.807) is 7.11 Å². The van der Waals surface area contributed by atoms with Crippen molar-refractivity contribution in [2.24, 2.45) is 0 Å². The molecule has 0 saturated carbocycles. The van der Waals surface area contributed by atoms with E-state index in [1.807, 2.05) is 41.3 Å². The first-order valence-corrected chi connectivity index (χ1v) is 9.82. The lowest BCUT2D eigenvalue weighted by Crippen LogP contribution is -2.51. The lowest BCUT2D eigenvalue weighted by atomic mass is 9.91. The highest BCUT2D eigenvalue weighted by Crippen LogP contribution is 2.41. The van der Waals surface area contributed by atoms with Crippen LogP contribution in [0.5, 0.6) is 5.75 Å². The molecule has 0 aliphatic carbocycles. The molecule has 28 heavy (non-hydrogen) atoms. The van der Waals surface area contributed by atoms with Crippen LogP contribution in [0, 0.1) is 13.8 Å². The Morgan fingerprint density at radius 1 is 1.18 bits per heavy atom. The monoisotopic (exact) mass is 381 g/mol. The lowest BCUT2D eigenvalue weighted by Gasteiger charge is -2.39. The molecule has 1 unspecified atom stereocenters. The third-order valence-corrected chi connectivity index (χ3v) is 6.16. The lowest BCUT2D eigenvalue weighted by molar-refractivity contribution is -0.0605. The van der Waals surface area contributed by atoms with Gasteiger partial charge in [0.2, 0.25) is 0 Å². The topological polar surface area (TPSA) is 59.0 Å². The fraction of sp³-hybridized carbons (Fsp3) is 0.435. The minimum Gasteiger partial charge on any atom is -0.497 e. The predicted octanol–water partition coefficient (Wildman–Crippen LogP) is 3.20. The number of aryl methyl sites for hydroxylation is 1. The molecule has 3 atom stereocenters. The molecule has 5 nitrogen and oxygen atoms in total. The number of carbonyl (C=O) groups is 1. The first-order valence-electron chi connectivity index (χ1n) is 9.82. The van der Waals surface area contributed by atoms with Crippen molar-refractivity contribution in [3.63, 3.8) is 0 Å². The summed E-state index contributed by atoms with van der Waals surface area (Å²) in [4.78, 5) is 15.2. The van der Waals surface area contributed by atoms with Gasteiger partial charge in [0.15, 0.2) is 0 Å². The van der Waals surface area contributed by atoms with Gasteiger partial charge in [0.1, 0.15) is 5.75 Å². The Morgan fingerprint density at radius 3 is 2.61 bits per heavy atom. The highest BCUT2D eigenvalue weighted by atomic mass is 16.5. The van der Waals surface area contributed by atoms with Crippen LogP contribution in [0.25, 0.3) is 0 Å². The normalized spacial score (nSPS) is 24.4. The van der Waals surface area contributed by atoms with Gasteiger partial charge in [0.05, 0.1) is 31.9 Å². The van der Waals surface area contributed by atoms with Crippen LogP contribution >= 0.6 is 0 Å². The number of hydrogen-bond donors (Lipinski definition) is 1. The molecule has 2 heterocycles. The Balaban J connectivity index is 1.75. The van der Waals surface area contributed by atoms with E-state index >= 15 is 0 Å². The smallest absolute Gasteiger partial charge is 0.255 e. The summed E-state index contributed by atoms with van der Waals surface area (Å²) < 4.78 is 10.9. The van der Waals surface area contributed by atoms with Crippen LogP contribution in [0.15, 0.2) is 36.4 Å². The molecule has 0 radical (unpaired) electrons. The van der Waals surface area contributed by atoms with Crippen molar-refractivity contribution in [2.75, 3.05) is 20.3 Å². The number of hydrogen-bond acceptors (Lipinski definition) is 4. The maximum absolute atomic E-state index is 13.3. The number of aliphatic hydroxyl groups excluding tert-OH is 1. The Hall–Kier alpha value is -2.37. The van der Waals surface area contributed by atoms with Crippen LogP contribution in [0.2, 0.25) is 0 Å². The van der Waals surface area contributed by atoms with E-state index < -0.39 is 6.10 Å². The molecule has 4 rings (SSSR count). The molecule has 5 heteroatoms. The van der Waals surface area contributed by atoms with E-state index in [1.165, 1.54) is 5.56 Å². The van der Waals surface area contributed by atoms with Crippen molar-refractivity contribution in [3.8, 4) is 5.75 Å². The van der Waals surface area contributed by atoms with E-state index in [-0.39, 0.29) is 18.0 Å². The summed E-state index contributed by atoms with van der Waals surface area (Å²) in [7, 11) is 1.65. The molecule has 2 aliphatic rings. The SMILES string of the molecule is COc1ccc(CC2c3c(ccc(C)c3C)C(=O)N2[C@H]2COCC[C@@H]2O)cc1. The number of benzene rings is 2. The summed E-state index contributed by atoms with van der Waals surface area (Å²) in [5.41, 5.74) is 5.29. The molecule has 2 aliphatic heterocycles. The van der Waals surface area contributed by atoms with E-state index in [9.17, 15) is 9.90 Å².